The van der Waals surface area contributed by atoms with Crippen LogP contribution in [0.1, 0.15) is 24.8 Å². The molecule has 174 valence electrons. The third-order valence-electron chi connectivity index (χ3n) is 7.18. The fourth-order valence-electron chi connectivity index (χ4n) is 5.04. The van der Waals surface area contributed by atoms with Crippen molar-refractivity contribution in [3.8, 4) is 34.0 Å². The molecule has 0 bridgehead atoms. The van der Waals surface area contributed by atoms with Crippen molar-refractivity contribution in [1.29, 1.82) is 0 Å². The van der Waals surface area contributed by atoms with Gasteiger partial charge in [-0.25, -0.2) is 15.0 Å². The van der Waals surface area contributed by atoms with Crippen LogP contribution in [0, 0.1) is 0 Å². The van der Waals surface area contributed by atoms with Gasteiger partial charge in [-0.3, -0.25) is 4.40 Å². The molecule has 7 nitrogen and oxygen atoms in total. The molecule has 0 spiro atoms. The van der Waals surface area contributed by atoms with E-state index in [1.54, 1.807) is 18.5 Å². The summed E-state index contributed by atoms with van der Waals surface area (Å²) in [5, 5.41) is 8.76. The van der Waals surface area contributed by atoms with E-state index in [-0.39, 0.29) is 5.54 Å². The lowest BCUT2D eigenvalue weighted by Gasteiger charge is -2.38. The minimum Gasteiger partial charge on any atom is -0.321 e. The Kier molecular flexibility index (Phi) is 4.65. The normalized spacial score (nSPS) is 14.7. The lowest BCUT2D eigenvalue weighted by Crippen LogP contribution is -2.43. The van der Waals surface area contributed by atoms with Crippen LogP contribution in [-0.2, 0) is 5.54 Å². The van der Waals surface area contributed by atoms with Crippen LogP contribution in [0.2, 0.25) is 0 Å². The van der Waals surface area contributed by atoms with Gasteiger partial charge in [-0.1, -0.05) is 54.6 Å². The van der Waals surface area contributed by atoms with Crippen LogP contribution in [0.3, 0.4) is 0 Å². The summed E-state index contributed by atoms with van der Waals surface area (Å²) in [5.74, 6) is 1.10. The van der Waals surface area contributed by atoms with Crippen molar-refractivity contribution in [2.45, 2.75) is 24.8 Å². The molecule has 4 heterocycles. The van der Waals surface area contributed by atoms with Crippen LogP contribution in [-0.4, -0.2) is 29.5 Å². The molecule has 0 radical (unpaired) electrons. The van der Waals surface area contributed by atoms with E-state index < -0.39 is 0 Å². The summed E-state index contributed by atoms with van der Waals surface area (Å²) in [7, 11) is 0. The Labute approximate surface area is 207 Å². The fourth-order valence-corrected chi connectivity index (χ4v) is 5.04. The summed E-state index contributed by atoms with van der Waals surface area (Å²) in [4.78, 5) is 14.0. The quantitative estimate of drug-likeness (QED) is 0.371. The van der Waals surface area contributed by atoms with Gasteiger partial charge in [-0.15, -0.1) is 10.2 Å². The number of aromatic nitrogens is 6. The third-order valence-corrected chi connectivity index (χ3v) is 7.18. The first-order valence-corrected chi connectivity index (χ1v) is 12.1. The van der Waals surface area contributed by atoms with E-state index in [1.807, 2.05) is 34.7 Å². The fraction of sp³-hybridized carbons (Fsp3) is 0.138. The highest BCUT2D eigenvalue weighted by atomic mass is 15.3. The Morgan fingerprint density at radius 2 is 1.56 bits per heavy atom. The first-order valence-electron chi connectivity index (χ1n) is 12.1. The number of fused-ring (bicyclic) bond motifs is 3. The van der Waals surface area contributed by atoms with Gasteiger partial charge in [0.1, 0.15) is 0 Å². The van der Waals surface area contributed by atoms with Gasteiger partial charge in [0.25, 0.3) is 0 Å². The molecule has 2 aromatic carbocycles. The summed E-state index contributed by atoms with van der Waals surface area (Å²) in [6.45, 7) is 0. The second kappa shape index (κ2) is 8.03. The van der Waals surface area contributed by atoms with E-state index in [4.69, 9.17) is 10.7 Å². The zero-order valence-corrected chi connectivity index (χ0v) is 19.5. The standard InChI is InChI=1S/C29H23N7/c30-29(14-4-15-29)21-10-8-20(9-11-21)26-22(19-6-2-1-3-7-19)18-24-23(33-26)12-13-25-34-35-28(36(24)25)27-31-16-5-17-32-27/h1-3,5-13,16-18H,4,14-15,30H2. The maximum Gasteiger partial charge on any atom is 0.206 e. The van der Waals surface area contributed by atoms with E-state index in [9.17, 15) is 0 Å². The second-order valence-electron chi connectivity index (χ2n) is 9.36. The third kappa shape index (κ3) is 3.28. The predicted molar refractivity (Wildman–Crippen MR) is 140 cm³/mol. The topological polar surface area (TPSA) is 94.9 Å². The van der Waals surface area contributed by atoms with Gasteiger partial charge in [0, 0.05) is 29.1 Å². The average Bonchev–Trinajstić information content (AvgIpc) is 3.37. The zero-order valence-electron chi connectivity index (χ0n) is 19.5. The molecule has 0 saturated heterocycles. The van der Waals surface area contributed by atoms with Crippen LogP contribution in [0.5, 0.6) is 0 Å². The molecule has 7 rings (SSSR count). The van der Waals surface area contributed by atoms with Gasteiger partial charge < -0.3 is 5.73 Å². The van der Waals surface area contributed by atoms with Gasteiger partial charge in [-0.05, 0) is 54.7 Å². The molecule has 0 atom stereocenters. The van der Waals surface area contributed by atoms with Crippen molar-refractivity contribution in [2.75, 3.05) is 0 Å². The van der Waals surface area contributed by atoms with E-state index in [2.05, 4.69) is 62.6 Å². The summed E-state index contributed by atoms with van der Waals surface area (Å²) >= 11 is 0. The Bertz CT molecular complexity index is 1700. The number of hydrogen-bond donors (Lipinski definition) is 1. The van der Waals surface area contributed by atoms with Gasteiger partial charge in [0.2, 0.25) is 5.82 Å². The molecule has 6 aromatic rings. The van der Waals surface area contributed by atoms with Crippen LogP contribution in [0.4, 0.5) is 0 Å². The number of nitrogens with zero attached hydrogens (tertiary/aromatic N) is 6. The molecular formula is C29H23N7. The van der Waals surface area contributed by atoms with Crippen molar-refractivity contribution < 1.29 is 0 Å². The van der Waals surface area contributed by atoms with Crippen LogP contribution < -0.4 is 5.73 Å². The average molecular weight is 470 g/mol. The van der Waals surface area contributed by atoms with Crippen LogP contribution >= 0.6 is 0 Å². The molecular weight excluding hydrogens is 446 g/mol. The van der Waals surface area contributed by atoms with Crippen molar-refractivity contribution in [3.05, 3.63) is 96.8 Å². The highest BCUT2D eigenvalue weighted by molar-refractivity contribution is 5.91. The van der Waals surface area contributed by atoms with Crippen molar-refractivity contribution in [2.24, 2.45) is 5.73 Å². The molecule has 7 heteroatoms. The Morgan fingerprint density at radius 1 is 0.778 bits per heavy atom. The number of rotatable bonds is 4. The molecule has 1 saturated carbocycles. The Morgan fingerprint density at radius 3 is 2.28 bits per heavy atom. The van der Waals surface area contributed by atoms with Gasteiger partial charge in [-0.2, -0.15) is 0 Å². The van der Waals surface area contributed by atoms with E-state index in [0.717, 1.165) is 51.9 Å². The largest absolute Gasteiger partial charge is 0.321 e. The monoisotopic (exact) mass is 469 g/mol. The Hall–Kier alpha value is -4.49. The maximum atomic E-state index is 6.57. The smallest absolute Gasteiger partial charge is 0.206 e. The zero-order chi connectivity index (χ0) is 24.1. The van der Waals surface area contributed by atoms with Crippen molar-refractivity contribution >= 4 is 16.7 Å². The SMILES string of the molecule is NC1(c2ccc(-c3nc4ccc5nnc(-c6ncccn6)n5c4cc3-c3ccccc3)cc2)CCC1. The highest BCUT2D eigenvalue weighted by Crippen LogP contribution is 2.40. The predicted octanol–water partition coefficient (Wildman–Crippen LogP) is 5.41. The summed E-state index contributed by atoms with van der Waals surface area (Å²) in [6, 6.07) is 26.8. The van der Waals surface area contributed by atoms with E-state index in [0.29, 0.717) is 11.6 Å². The summed E-state index contributed by atoms with van der Waals surface area (Å²) < 4.78 is 1.98. The number of nitrogens with two attached hydrogens (primary N) is 1. The Balaban J connectivity index is 1.47. The van der Waals surface area contributed by atoms with E-state index >= 15 is 0 Å². The van der Waals surface area contributed by atoms with Crippen molar-refractivity contribution in [3.63, 3.8) is 0 Å². The highest BCUT2D eigenvalue weighted by Gasteiger charge is 2.34. The molecule has 2 N–H and O–H groups in total. The molecule has 0 amide bonds. The second-order valence-corrected chi connectivity index (χ2v) is 9.36. The van der Waals surface area contributed by atoms with Gasteiger partial charge in [0.05, 0.1) is 16.7 Å². The maximum absolute atomic E-state index is 6.57. The number of hydrogen-bond acceptors (Lipinski definition) is 6. The molecule has 4 aromatic heterocycles. The van der Waals surface area contributed by atoms with Crippen molar-refractivity contribution in [1.82, 2.24) is 29.5 Å². The molecule has 1 aliphatic rings. The van der Waals surface area contributed by atoms with Gasteiger partial charge in [0.15, 0.2) is 11.5 Å². The van der Waals surface area contributed by atoms with Gasteiger partial charge >= 0.3 is 0 Å². The molecule has 1 aliphatic carbocycles. The van der Waals surface area contributed by atoms with Crippen LogP contribution in [0.15, 0.2) is 91.3 Å². The first-order chi connectivity index (χ1) is 17.7. The lowest BCUT2D eigenvalue weighted by molar-refractivity contribution is 0.253. The lowest BCUT2D eigenvalue weighted by atomic mass is 9.72. The minimum absolute atomic E-state index is 0.187. The van der Waals surface area contributed by atoms with E-state index in [1.165, 1.54) is 12.0 Å². The molecule has 0 unspecified atom stereocenters. The molecule has 1 fully saturated rings. The van der Waals surface area contributed by atoms with Crippen LogP contribution in [0.25, 0.3) is 50.7 Å². The number of benzene rings is 2. The molecule has 36 heavy (non-hydrogen) atoms. The summed E-state index contributed by atoms with van der Waals surface area (Å²) in [5.41, 5.74) is 14.1. The molecule has 0 aliphatic heterocycles. The number of pyridine rings is 2. The minimum atomic E-state index is -0.187. The first kappa shape index (κ1) is 20.8. The summed E-state index contributed by atoms with van der Waals surface area (Å²) in [6.07, 6.45) is 6.69.